The Morgan fingerprint density at radius 3 is 2.74 bits per heavy atom. The zero-order valence-corrected chi connectivity index (χ0v) is 12.0. The lowest BCUT2D eigenvalue weighted by Crippen LogP contribution is -2.21. The van der Waals surface area contributed by atoms with Gasteiger partial charge in [-0.25, -0.2) is 0 Å². The van der Waals surface area contributed by atoms with E-state index in [0.29, 0.717) is 6.04 Å². The summed E-state index contributed by atoms with van der Waals surface area (Å²) in [6, 6.07) is 7.20. The molecular weight excluding hydrogens is 234 g/mol. The Bertz CT molecular complexity index is 550. The molecule has 0 unspecified atom stereocenters. The molecule has 0 aliphatic carbocycles. The lowest BCUT2D eigenvalue weighted by molar-refractivity contribution is 0.343. The fourth-order valence-corrected chi connectivity index (χ4v) is 2.94. The van der Waals surface area contributed by atoms with Crippen LogP contribution in [0.4, 0.5) is 0 Å². The summed E-state index contributed by atoms with van der Waals surface area (Å²) in [5.74, 6) is 0. The Kier molecular flexibility index (Phi) is 3.56. The van der Waals surface area contributed by atoms with Crippen LogP contribution in [0.25, 0.3) is 10.9 Å². The van der Waals surface area contributed by atoms with Crippen molar-refractivity contribution in [2.75, 3.05) is 19.6 Å². The molecule has 19 heavy (non-hydrogen) atoms. The number of fused-ring (bicyclic) bond motifs is 1. The van der Waals surface area contributed by atoms with E-state index in [4.69, 9.17) is 0 Å². The Morgan fingerprint density at radius 2 is 2.00 bits per heavy atom. The van der Waals surface area contributed by atoms with E-state index < -0.39 is 0 Å². The van der Waals surface area contributed by atoms with Gasteiger partial charge in [0.25, 0.3) is 0 Å². The van der Waals surface area contributed by atoms with Crippen LogP contribution in [0, 0.1) is 0 Å². The number of hydrogen-bond acceptors (Lipinski definition) is 2. The van der Waals surface area contributed by atoms with E-state index in [1.165, 1.54) is 48.9 Å². The van der Waals surface area contributed by atoms with Crippen molar-refractivity contribution in [3.8, 4) is 0 Å². The first kappa shape index (κ1) is 12.7. The highest BCUT2D eigenvalue weighted by molar-refractivity contribution is 5.79. The van der Waals surface area contributed by atoms with Gasteiger partial charge >= 0.3 is 0 Å². The van der Waals surface area contributed by atoms with E-state index in [2.05, 4.69) is 46.7 Å². The molecule has 0 radical (unpaired) electrons. The fourth-order valence-electron chi connectivity index (χ4n) is 2.94. The van der Waals surface area contributed by atoms with Crippen molar-refractivity contribution >= 4 is 10.9 Å². The summed E-state index contributed by atoms with van der Waals surface area (Å²) in [6.45, 7) is 8.13. The lowest BCUT2D eigenvalue weighted by Gasteiger charge is -2.14. The summed E-state index contributed by atoms with van der Waals surface area (Å²) in [6.07, 6.45) is 5.87. The van der Waals surface area contributed by atoms with E-state index in [-0.39, 0.29) is 0 Å². The maximum Gasteiger partial charge on any atom is 0.0688 e. The molecule has 1 aromatic carbocycles. The Labute approximate surface area is 115 Å². The number of hydrogen-bond donors (Lipinski definition) is 0. The highest BCUT2D eigenvalue weighted by atomic mass is 15.3. The first-order valence-corrected chi connectivity index (χ1v) is 7.42. The van der Waals surface area contributed by atoms with Gasteiger partial charge in [-0.2, -0.15) is 5.10 Å². The van der Waals surface area contributed by atoms with E-state index in [9.17, 15) is 0 Å². The number of rotatable bonds is 4. The van der Waals surface area contributed by atoms with Gasteiger partial charge in [-0.15, -0.1) is 0 Å². The predicted molar refractivity (Wildman–Crippen MR) is 79.5 cm³/mol. The summed E-state index contributed by atoms with van der Waals surface area (Å²) in [5, 5.41) is 5.73. The third-order valence-corrected chi connectivity index (χ3v) is 4.07. The lowest BCUT2D eigenvalue weighted by atomic mass is 10.1. The molecule has 0 N–H and O–H groups in total. The van der Waals surface area contributed by atoms with Gasteiger partial charge in [0.1, 0.15) is 0 Å². The third-order valence-electron chi connectivity index (χ3n) is 4.07. The highest BCUT2D eigenvalue weighted by Gasteiger charge is 2.11. The topological polar surface area (TPSA) is 21.1 Å². The van der Waals surface area contributed by atoms with Crippen LogP contribution in [0.15, 0.2) is 24.4 Å². The summed E-state index contributed by atoms with van der Waals surface area (Å²) in [4.78, 5) is 2.57. The summed E-state index contributed by atoms with van der Waals surface area (Å²) >= 11 is 0. The molecule has 1 saturated heterocycles. The molecule has 1 aliphatic heterocycles. The Balaban J connectivity index is 1.77. The average Bonchev–Trinajstić information content (AvgIpc) is 3.05. The molecule has 3 heteroatoms. The second kappa shape index (κ2) is 5.33. The number of nitrogens with zero attached hydrogens (tertiary/aromatic N) is 3. The number of benzene rings is 1. The summed E-state index contributed by atoms with van der Waals surface area (Å²) < 4.78 is 2.12. The van der Waals surface area contributed by atoms with Gasteiger partial charge in [-0.1, -0.05) is 12.1 Å². The molecule has 0 amide bonds. The minimum Gasteiger partial charge on any atom is -0.303 e. The quantitative estimate of drug-likeness (QED) is 0.838. The standard InChI is InChI=1S/C16H23N3/c1-13(2)19-16-11-14(5-6-15(16)12-17-19)7-10-18-8-3-4-9-18/h5-6,11-13H,3-4,7-10H2,1-2H3. The molecule has 2 heterocycles. The smallest absolute Gasteiger partial charge is 0.0688 e. The van der Waals surface area contributed by atoms with Gasteiger partial charge < -0.3 is 4.90 Å². The van der Waals surface area contributed by atoms with E-state index in [0.717, 1.165) is 6.42 Å². The predicted octanol–water partition coefficient (Wildman–Crippen LogP) is 3.26. The van der Waals surface area contributed by atoms with E-state index in [1.54, 1.807) is 0 Å². The second-order valence-electron chi connectivity index (χ2n) is 5.87. The van der Waals surface area contributed by atoms with Gasteiger partial charge in [0.2, 0.25) is 0 Å². The monoisotopic (exact) mass is 257 g/mol. The van der Waals surface area contributed by atoms with Gasteiger partial charge in [-0.05, 0) is 57.8 Å². The molecule has 0 saturated carbocycles. The minimum atomic E-state index is 0.423. The maximum atomic E-state index is 4.48. The largest absolute Gasteiger partial charge is 0.303 e. The van der Waals surface area contributed by atoms with Crippen LogP contribution in [0.3, 0.4) is 0 Å². The normalized spacial score (nSPS) is 16.8. The number of likely N-dealkylation sites (tertiary alicyclic amines) is 1. The molecule has 1 aliphatic rings. The van der Waals surface area contributed by atoms with Crippen molar-refractivity contribution in [3.05, 3.63) is 30.0 Å². The second-order valence-corrected chi connectivity index (χ2v) is 5.87. The maximum absolute atomic E-state index is 4.48. The van der Waals surface area contributed by atoms with Crippen LogP contribution in [-0.4, -0.2) is 34.3 Å². The van der Waals surface area contributed by atoms with Crippen LogP contribution in [0.1, 0.15) is 38.3 Å². The molecule has 3 nitrogen and oxygen atoms in total. The molecule has 0 spiro atoms. The fraction of sp³-hybridized carbons (Fsp3) is 0.562. The zero-order valence-electron chi connectivity index (χ0n) is 12.0. The molecule has 0 atom stereocenters. The molecule has 0 bridgehead atoms. The Morgan fingerprint density at radius 1 is 1.21 bits per heavy atom. The molecule has 1 fully saturated rings. The summed E-state index contributed by atoms with van der Waals surface area (Å²) in [5.41, 5.74) is 2.70. The van der Waals surface area contributed by atoms with Crippen LogP contribution in [-0.2, 0) is 6.42 Å². The van der Waals surface area contributed by atoms with Crippen molar-refractivity contribution in [1.82, 2.24) is 14.7 Å². The van der Waals surface area contributed by atoms with E-state index >= 15 is 0 Å². The zero-order chi connectivity index (χ0) is 13.2. The molecule has 2 aromatic rings. The molecule has 1 aromatic heterocycles. The van der Waals surface area contributed by atoms with Crippen molar-refractivity contribution in [1.29, 1.82) is 0 Å². The van der Waals surface area contributed by atoms with Gasteiger partial charge in [-0.3, -0.25) is 4.68 Å². The third kappa shape index (κ3) is 2.66. The Hall–Kier alpha value is -1.35. The van der Waals surface area contributed by atoms with Crippen molar-refractivity contribution in [2.24, 2.45) is 0 Å². The van der Waals surface area contributed by atoms with Crippen molar-refractivity contribution in [3.63, 3.8) is 0 Å². The van der Waals surface area contributed by atoms with E-state index in [1.807, 2.05) is 6.20 Å². The first-order chi connectivity index (χ1) is 9.24. The molecule has 3 rings (SSSR count). The SMILES string of the molecule is CC(C)n1ncc2ccc(CCN3CCCC3)cc21. The van der Waals surface area contributed by atoms with Crippen molar-refractivity contribution in [2.45, 2.75) is 39.2 Å². The average molecular weight is 257 g/mol. The van der Waals surface area contributed by atoms with Crippen LogP contribution < -0.4 is 0 Å². The summed E-state index contributed by atoms with van der Waals surface area (Å²) in [7, 11) is 0. The van der Waals surface area contributed by atoms with Gasteiger partial charge in [0.05, 0.1) is 11.7 Å². The van der Waals surface area contributed by atoms with Crippen LogP contribution in [0.5, 0.6) is 0 Å². The van der Waals surface area contributed by atoms with Crippen LogP contribution in [0.2, 0.25) is 0 Å². The minimum absolute atomic E-state index is 0.423. The van der Waals surface area contributed by atoms with Crippen molar-refractivity contribution < 1.29 is 0 Å². The van der Waals surface area contributed by atoms with Gasteiger partial charge in [0, 0.05) is 18.0 Å². The van der Waals surface area contributed by atoms with Gasteiger partial charge in [0.15, 0.2) is 0 Å². The molecule has 102 valence electrons. The van der Waals surface area contributed by atoms with Crippen LogP contribution >= 0.6 is 0 Å². The molecular formula is C16H23N3. The number of aromatic nitrogens is 2. The highest BCUT2D eigenvalue weighted by Crippen LogP contribution is 2.20. The first-order valence-electron chi connectivity index (χ1n) is 7.42.